The molecule has 300 valence electrons. The molecule has 55 heavy (non-hydrogen) atoms. The number of aliphatic hydroxyl groups is 3. The Balaban J connectivity index is 1.37. The number of carbonyl (C=O) groups excluding carboxylic acids is 3. The van der Waals surface area contributed by atoms with Crippen molar-refractivity contribution in [1.29, 1.82) is 0 Å². The maximum Gasteiger partial charge on any atom is 0.316 e. The molecule has 12 atom stereocenters. The van der Waals surface area contributed by atoms with Crippen LogP contribution in [0.15, 0.2) is 12.1 Å². The number of rotatable bonds is 8. The van der Waals surface area contributed by atoms with E-state index in [9.17, 15) is 45.0 Å². The zero-order chi connectivity index (χ0) is 40.3. The minimum absolute atomic E-state index is 0.0965. The molecule has 0 radical (unpaired) electrons. The number of aromatic hydroxyl groups is 3. The smallest absolute Gasteiger partial charge is 0.316 e. The summed E-state index contributed by atoms with van der Waals surface area (Å²) in [5.41, 5.74) is -7.38. The predicted molar refractivity (Wildman–Crippen MR) is 186 cm³/mol. The third-order valence-corrected chi connectivity index (χ3v) is 12.4. The number of hydrogen-bond acceptors (Lipinski definition) is 17. The van der Waals surface area contributed by atoms with E-state index in [2.05, 4.69) is 0 Å². The van der Waals surface area contributed by atoms with Crippen LogP contribution in [0.2, 0.25) is 0 Å². The van der Waals surface area contributed by atoms with Gasteiger partial charge in [0.1, 0.15) is 52.7 Å². The quantitative estimate of drug-likeness (QED) is 0.135. The Morgan fingerprint density at radius 3 is 2.18 bits per heavy atom. The molecule has 2 bridgehead atoms. The number of fused-ring (bicyclic) bond motifs is 5. The molecular weight excluding hydrogens is 726 g/mol. The summed E-state index contributed by atoms with van der Waals surface area (Å²) >= 11 is 0. The number of likely N-dealkylation sites (N-methyl/N-ethyl adjacent to an activating group) is 1. The highest BCUT2D eigenvalue weighted by Gasteiger charge is 2.68. The standard InChI is InChI=1S/C38H47NO16/c1-36(48)11-19(54-35-33(50-6)38(52-8)12-20(55-35)32(38)49-5)21-14(25(36)34(47)51-7)9-15-22(29(21)44)30(45)23-17(40)10-16(28(43)24(23)27(15)42)37(2)31(46)26(39(3)4)18(41)13-53-37/h9-10,18-20,25-26,31-33,35,40-41,43-44,46,48H,11-13H2,1-8H3/t18-,19+,20?,25+,26+,31-,32?,33?,35?,36+,37+,38?/m1/s1. The monoisotopic (exact) mass is 773 g/mol. The Hall–Kier alpha value is -3.75. The van der Waals surface area contributed by atoms with Crippen molar-refractivity contribution < 1.29 is 78.2 Å². The third kappa shape index (κ3) is 5.40. The van der Waals surface area contributed by atoms with Gasteiger partial charge in [-0.3, -0.25) is 14.4 Å². The van der Waals surface area contributed by atoms with E-state index >= 15 is 0 Å². The van der Waals surface area contributed by atoms with E-state index in [1.807, 2.05) is 0 Å². The number of carbonyl (C=O) groups is 3. The Labute approximate surface area is 316 Å². The summed E-state index contributed by atoms with van der Waals surface area (Å²) in [6.07, 6.45) is -6.75. The van der Waals surface area contributed by atoms with Gasteiger partial charge in [0.25, 0.3) is 0 Å². The lowest BCUT2D eigenvalue weighted by atomic mass is 9.67. The normalized spacial score (nSPS) is 37.9. The fourth-order valence-electron chi connectivity index (χ4n) is 9.63. The fourth-order valence-corrected chi connectivity index (χ4v) is 9.63. The first kappa shape index (κ1) is 39.5. The molecule has 3 heterocycles. The van der Waals surface area contributed by atoms with Crippen LogP contribution in [0, 0.1) is 0 Å². The van der Waals surface area contributed by atoms with Crippen LogP contribution >= 0.6 is 0 Å². The Morgan fingerprint density at radius 2 is 1.58 bits per heavy atom. The molecule has 8 rings (SSSR count). The first-order valence-electron chi connectivity index (χ1n) is 17.8. The molecule has 3 saturated heterocycles. The number of esters is 1. The van der Waals surface area contributed by atoms with Gasteiger partial charge in [0.2, 0.25) is 5.78 Å². The molecule has 6 aliphatic rings. The summed E-state index contributed by atoms with van der Waals surface area (Å²) < 4.78 is 40.9. The Morgan fingerprint density at radius 1 is 0.909 bits per heavy atom. The molecule has 3 aliphatic carbocycles. The highest BCUT2D eigenvalue weighted by Crippen LogP contribution is 2.56. The van der Waals surface area contributed by atoms with Gasteiger partial charge in [-0.25, -0.2) is 0 Å². The molecule has 1 saturated carbocycles. The number of ether oxygens (including phenoxy) is 7. The number of aliphatic hydroxyl groups excluding tert-OH is 2. The summed E-state index contributed by atoms with van der Waals surface area (Å²) in [6, 6.07) is 1.28. The van der Waals surface area contributed by atoms with E-state index in [4.69, 9.17) is 33.2 Å². The number of nitrogens with zero attached hydrogens (tertiary/aromatic N) is 1. The van der Waals surface area contributed by atoms with Crippen LogP contribution in [0.1, 0.15) is 87.2 Å². The average Bonchev–Trinajstić information content (AvgIpc) is 3.11. The van der Waals surface area contributed by atoms with Crippen molar-refractivity contribution in [2.75, 3.05) is 49.1 Å². The van der Waals surface area contributed by atoms with Gasteiger partial charge in [-0.2, -0.15) is 0 Å². The second kappa shape index (κ2) is 13.4. The van der Waals surface area contributed by atoms with E-state index < -0.39 is 129 Å². The highest BCUT2D eigenvalue weighted by atomic mass is 16.7. The van der Waals surface area contributed by atoms with Gasteiger partial charge in [0.05, 0.1) is 60.4 Å². The molecular formula is C38H47NO16. The number of ketones is 2. The topological polar surface area (TPSA) is 240 Å². The molecule has 0 spiro atoms. The second-order valence-corrected chi connectivity index (χ2v) is 15.6. The van der Waals surface area contributed by atoms with Crippen molar-refractivity contribution in [2.24, 2.45) is 0 Å². The number of phenolic OH excluding ortho intramolecular Hbond substituents is 3. The Kier molecular flexibility index (Phi) is 9.64. The van der Waals surface area contributed by atoms with Crippen molar-refractivity contribution in [2.45, 2.75) is 98.4 Å². The van der Waals surface area contributed by atoms with Crippen LogP contribution in [-0.2, 0) is 43.6 Å². The first-order chi connectivity index (χ1) is 25.8. The lowest BCUT2D eigenvalue weighted by Crippen LogP contribution is -2.78. The second-order valence-electron chi connectivity index (χ2n) is 15.6. The number of methoxy groups -OCH3 is 4. The van der Waals surface area contributed by atoms with Gasteiger partial charge in [-0.1, -0.05) is 0 Å². The Bertz CT molecular complexity index is 1950. The lowest BCUT2D eigenvalue weighted by molar-refractivity contribution is -0.403. The zero-order valence-electron chi connectivity index (χ0n) is 31.7. The molecule has 17 heteroatoms. The third-order valence-electron chi connectivity index (χ3n) is 12.4. The fraction of sp³-hybridized carbons (Fsp3) is 0.605. The minimum atomic E-state index is -1.91. The molecule has 4 fully saturated rings. The van der Waals surface area contributed by atoms with Crippen LogP contribution in [0.4, 0.5) is 0 Å². The summed E-state index contributed by atoms with van der Waals surface area (Å²) in [7, 11) is 8.81. The van der Waals surface area contributed by atoms with Crippen LogP contribution < -0.4 is 0 Å². The van der Waals surface area contributed by atoms with Crippen LogP contribution in [-0.4, -0.2) is 156 Å². The number of benzene rings is 2. The number of hydrogen-bond donors (Lipinski definition) is 6. The summed E-state index contributed by atoms with van der Waals surface area (Å²) in [6.45, 7) is 2.49. The van der Waals surface area contributed by atoms with E-state index in [1.54, 1.807) is 19.0 Å². The first-order valence-corrected chi connectivity index (χ1v) is 17.8. The average molecular weight is 774 g/mol. The van der Waals surface area contributed by atoms with E-state index in [0.717, 1.165) is 13.2 Å². The minimum Gasteiger partial charge on any atom is -0.507 e. The van der Waals surface area contributed by atoms with Crippen molar-refractivity contribution in [3.8, 4) is 17.2 Å². The van der Waals surface area contributed by atoms with Gasteiger partial charge in [0.15, 0.2) is 12.1 Å². The van der Waals surface area contributed by atoms with Crippen LogP contribution in [0.3, 0.4) is 0 Å². The van der Waals surface area contributed by atoms with Gasteiger partial charge in [-0.05, 0) is 45.6 Å². The molecule has 2 aromatic carbocycles. The van der Waals surface area contributed by atoms with E-state index in [-0.39, 0.29) is 29.7 Å². The molecule has 3 aliphatic heterocycles. The van der Waals surface area contributed by atoms with Crippen molar-refractivity contribution in [3.63, 3.8) is 0 Å². The van der Waals surface area contributed by atoms with Crippen molar-refractivity contribution in [3.05, 3.63) is 51.1 Å². The molecule has 0 aromatic heterocycles. The largest absolute Gasteiger partial charge is 0.507 e. The molecule has 5 unspecified atom stereocenters. The van der Waals surface area contributed by atoms with Crippen molar-refractivity contribution in [1.82, 2.24) is 4.90 Å². The molecule has 17 nitrogen and oxygen atoms in total. The van der Waals surface area contributed by atoms with Crippen molar-refractivity contribution >= 4 is 17.5 Å². The van der Waals surface area contributed by atoms with Gasteiger partial charge < -0.3 is 68.7 Å². The maximum absolute atomic E-state index is 14.5. The lowest BCUT2D eigenvalue weighted by Gasteiger charge is -2.61. The highest BCUT2D eigenvalue weighted by molar-refractivity contribution is 6.31. The predicted octanol–water partition coefficient (Wildman–Crippen LogP) is 0.489. The molecule has 2 aromatic rings. The number of phenols is 3. The van der Waals surface area contributed by atoms with Crippen LogP contribution in [0.5, 0.6) is 17.2 Å². The maximum atomic E-state index is 14.5. The molecule has 6 N–H and O–H groups in total. The van der Waals surface area contributed by atoms with Gasteiger partial charge in [-0.15, -0.1) is 0 Å². The summed E-state index contributed by atoms with van der Waals surface area (Å²) in [5, 5.41) is 69.1. The van der Waals surface area contributed by atoms with Gasteiger partial charge >= 0.3 is 5.97 Å². The summed E-state index contributed by atoms with van der Waals surface area (Å²) in [5.74, 6) is -6.79. The van der Waals surface area contributed by atoms with Crippen LogP contribution in [0.25, 0.3) is 0 Å². The SMILES string of the molecule is COC(=O)[C@@H]1c2cc3c(c(O)c2[C@@H](OC2OC4CC(OC)(C4OC)C2OC)C[C@]1(C)O)C(=O)c1c(O)cc([C@]2(C)OC[C@@H](O)[C@H](N(C)C)[C@H]2O)c(O)c1C3=O. The summed E-state index contributed by atoms with van der Waals surface area (Å²) in [4.78, 5) is 43.8. The zero-order valence-corrected chi connectivity index (χ0v) is 31.7. The molecule has 0 amide bonds. The van der Waals surface area contributed by atoms with E-state index in [1.165, 1.54) is 41.2 Å². The van der Waals surface area contributed by atoms with Gasteiger partial charge in [0, 0.05) is 50.9 Å². The van der Waals surface area contributed by atoms with E-state index in [0.29, 0.717) is 6.42 Å².